The molecule has 0 radical (unpaired) electrons. The molecule has 4 nitrogen and oxygen atoms in total. The fourth-order valence-electron chi connectivity index (χ4n) is 2.48. The van der Waals surface area contributed by atoms with E-state index >= 15 is 0 Å². The molecule has 0 saturated heterocycles. The van der Waals surface area contributed by atoms with Gasteiger partial charge in [-0.2, -0.15) is 5.26 Å². The van der Waals surface area contributed by atoms with Crippen LogP contribution in [0.1, 0.15) is 18.1 Å². The molecule has 20 heavy (non-hydrogen) atoms. The topological polar surface area (TPSA) is 80.0 Å². The van der Waals surface area contributed by atoms with Crippen LogP contribution in [0.2, 0.25) is 0 Å². The van der Waals surface area contributed by atoms with Crippen LogP contribution >= 0.6 is 0 Å². The molecule has 3 aromatic rings. The van der Waals surface area contributed by atoms with Gasteiger partial charge in [0.15, 0.2) is 0 Å². The van der Waals surface area contributed by atoms with Crippen molar-refractivity contribution >= 4 is 21.8 Å². The third-order valence-electron chi connectivity index (χ3n) is 3.54. The Morgan fingerprint density at radius 1 is 1.05 bits per heavy atom. The molecule has 0 aliphatic rings. The molecule has 2 aromatic carbocycles. The first-order valence-corrected chi connectivity index (χ1v) is 6.44. The third-order valence-corrected chi connectivity index (χ3v) is 3.54. The molecule has 3 rings (SSSR count). The minimum Gasteiger partial charge on any atom is -0.389 e. The Morgan fingerprint density at radius 2 is 1.80 bits per heavy atom. The number of para-hydroxylation sites is 1. The SMILES string of the molecule is N#CCC(O)C(O)c1ccc2[nH]c3ccccc3c2c1. The van der Waals surface area contributed by atoms with Crippen LogP contribution in [-0.2, 0) is 0 Å². The Hall–Kier alpha value is -2.35. The molecule has 0 bridgehead atoms. The Kier molecular flexibility index (Phi) is 3.15. The van der Waals surface area contributed by atoms with E-state index in [1.165, 1.54) is 0 Å². The van der Waals surface area contributed by atoms with E-state index in [0.717, 1.165) is 21.8 Å². The second kappa shape index (κ2) is 4.97. The fourth-order valence-corrected chi connectivity index (χ4v) is 2.48. The average molecular weight is 266 g/mol. The minimum absolute atomic E-state index is 0.0902. The summed E-state index contributed by atoms with van der Waals surface area (Å²) in [6, 6.07) is 15.3. The van der Waals surface area contributed by atoms with E-state index < -0.39 is 12.2 Å². The van der Waals surface area contributed by atoms with E-state index in [1.807, 2.05) is 42.5 Å². The molecule has 1 aromatic heterocycles. The van der Waals surface area contributed by atoms with Gasteiger partial charge in [0.1, 0.15) is 6.10 Å². The zero-order valence-corrected chi connectivity index (χ0v) is 10.7. The number of nitrogens with one attached hydrogen (secondary N) is 1. The second-order valence-corrected chi connectivity index (χ2v) is 4.85. The van der Waals surface area contributed by atoms with Crippen LogP contribution in [-0.4, -0.2) is 21.3 Å². The molecule has 0 spiro atoms. The van der Waals surface area contributed by atoms with Gasteiger partial charge in [-0.15, -0.1) is 0 Å². The maximum absolute atomic E-state index is 10.1. The van der Waals surface area contributed by atoms with Crippen LogP contribution in [0, 0.1) is 11.3 Å². The molecule has 0 amide bonds. The van der Waals surface area contributed by atoms with Gasteiger partial charge < -0.3 is 15.2 Å². The molecular weight excluding hydrogens is 252 g/mol. The molecule has 1 heterocycles. The Morgan fingerprint density at radius 3 is 2.60 bits per heavy atom. The van der Waals surface area contributed by atoms with Crippen molar-refractivity contribution in [3.63, 3.8) is 0 Å². The Balaban J connectivity index is 2.10. The lowest BCUT2D eigenvalue weighted by Crippen LogP contribution is -2.17. The zero-order chi connectivity index (χ0) is 14.1. The van der Waals surface area contributed by atoms with E-state index in [0.29, 0.717) is 5.56 Å². The summed E-state index contributed by atoms with van der Waals surface area (Å²) < 4.78 is 0. The van der Waals surface area contributed by atoms with Gasteiger partial charge in [-0.25, -0.2) is 0 Å². The highest BCUT2D eigenvalue weighted by Crippen LogP contribution is 2.29. The maximum Gasteiger partial charge on any atom is 0.106 e. The number of hydrogen-bond donors (Lipinski definition) is 3. The molecule has 0 saturated carbocycles. The van der Waals surface area contributed by atoms with Crippen LogP contribution in [0.5, 0.6) is 0 Å². The predicted molar refractivity (Wildman–Crippen MR) is 77.0 cm³/mol. The zero-order valence-electron chi connectivity index (χ0n) is 10.7. The number of benzene rings is 2. The first kappa shape index (κ1) is 12.7. The highest BCUT2D eigenvalue weighted by Gasteiger charge is 2.18. The van der Waals surface area contributed by atoms with Gasteiger partial charge in [0, 0.05) is 21.8 Å². The van der Waals surface area contributed by atoms with Crippen molar-refractivity contribution < 1.29 is 10.2 Å². The first-order chi connectivity index (χ1) is 9.70. The molecule has 100 valence electrons. The molecule has 3 N–H and O–H groups in total. The summed E-state index contributed by atoms with van der Waals surface area (Å²) in [6.07, 6.45) is -2.21. The number of aromatic amines is 1. The summed E-state index contributed by atoms with van der Waals surface area (Å²) in [7, 11) is 0. The van der Waals surface area contributed by atoms with Gasteiger partial charge >= 0.3 is 0 Å². The van der Waals surface area contributed by atoms with Gasteiger partial charge in [-0.1, -0.05) is 24.3 Å². The van der Waals surface area contributed by atoms with E-state index in [-0.39, 0.29) is 6.42 Å². The standard InChI is InChI=1S/C16H14N2O2/c17-8-7-15(19)16(20)10-5-6-14-12(9-10)11-3-1-2-4-13(11)18-14/h1-6,9,15-16,18-20H,7H2. The van der Waals surface area contributed by atoms with Crippen molar-refractivity contribution in [1.29, 1.82) is 5.26 Å². The summed E-state index contributed by atoms with van der Waals surface area (Å²) in [5, 5.41) is 30.5. The van der Waals surface area contributed by atoms with E-state index in [1.54, 1.807) is 6.07 Å². The van der Waals surface area contributed by atoms with E-state index in [2.05, 4.69) is 4.98 Å². The lowest BCUT2D eigenvalue weighted by atomic mass is 10.0. The number of aliphatic hydroxyl groups is 2. The molecule has 2 atom stereocenters. The second-order valence-electron chi connectivity index (χ2n) is 4.85. The number of rotatable bonds is 3. The van der Waals surface area contributed by atoms with Crippen molar-refractivity contribution in [2.45, 2.75) is 18.6 Å². The summed E-state index contributed by atoms with van der Waals surface area (Å²) >= 11 is 0. The van der Waals surface area contributed by atoms with Crippen molar-refractivity contribution in [3.05, 3.63) is 48.0 Å². The Bertz CT molecular complexity index is 801. The molecular formula is C16H14N2O2. The van der Waals surface area contributed by atoms with Gasteiger partial charge in [0.05, 0.1) is 18.6 Å². The number of hydrogen-bond acceptors (Lipinski definition) is 3. The maximum atomic E-state index is 10.1. The van der Waals surface area contributed by atoms with Crippen molar-refractivity contribution in [3.8, 4) is 6.07 Å². The first-order valence-electron chi connectivity index (χ1n) is 6.44. The number of aliphatic hydroxyl groups excluding tert-OH is 2. The monoisotopic (exact) mass is 266 g/mol. The lowest BCUT2D eigenvalue weighted by Gasteiger charge is -2.15. The highest BCUT2D eigenvalue weighted by molar-refractivity contribution is 6.07. The van der Waals surface area contributed by atoms with Crippen molar-refractivity contribution in [1.82, 2.24) is 4.98 Å². The molecule has 0 fully saturated rings. The normalized spacial score (nSPS) is 14.2. The minimum atomic E-state index is -1.07. The van der Waals surface area contributed by atoms with Crippen LogP contribution in [0.3, 0.4) is 0 Å². The average Bonchev–Trinajstić information content (AvgIpc) is 2.84. The molecule has 4 heteroatoms. The van der Waals surface area contributed by atoms with Gasteiger partial charge in [0.2, 0.25) is 0 Å². The fraction of sp³-hybridized carbons (Fsp3) is 0.188. The quantitative estimate of drug-likeness (QED) is 0.681. The summed E-state index contributed by atoms with van der Waals surface area (Å²) in [5.74, 6) is 0. The van der Waals surface area contributed by atoms with Crippen LogP contribution in [0.4, 0.5) is 0 Å². The number of fused-ring (bicyclic) bond motifs is 3. The van der Waals surface area contributed by atoms with E-state index in [9.17, 15) is 10.2 Å². The number of H-pyrrole nitrogens is 1. The van der Waals surface area contributed by atoms with Crippen LogP contribution in [0.25, 0.3) is 21.8 Å². The van der Waals surface area contributed by atoms with Crippen molar-refractivity contribution in [2.75, 3.05) is 0 Å². The largest absolute Gasteiger partial charge is 0.389 e. The highest BCUT2D eigenvalue weighted by atomic mass is 16.3. The third kappa shape index (κ3) is 2.03. The summed E-state index contributed by atoms with van der Waals surface area (Å²) in [4.78, 5) is 3.30. The Labute approximate surface area is 115 Å². The summed E-state index contributed by atoms with van der Waals surface area (Å²) in [6.45, 7) is 0. The predicted octanol–water partition coefficient (Wildman–Crippen LogP) is 2.63. The van der Waals surface area contributed by atoms with Crippen LogP contribution in [0.15, 0.2) is 42.5 Å². The number of nitriles is 1. The molecule has 0 aliphatic heterocycles. The summed E-state index contributed by atoms with van der Waals surface area (Å²) in [5.41, 5.74) is 2.63. The number of aromatic nitrogens is 1. The van der Waals surface area contributed by atoms with Gasteiger partial charge in [0.25, 0.3) is 0 Å². The smallest absolute Gasteiger partial charge is 0.106 e. The molecule has 2 unspecified atom stereocenters. The van der Waals surface area contributed by atoms with Crippen LogP contribution < -0.4 is 0 Å². The molecule has 0 aliphatic carbocycles. The number of nitrogens with zero attached hydrogens (tertiary/aromatic N) is 1. The van der Waals surface area contributed by atoms with Gasteiger partial charge in [-0.05, 0) is 23.8 Å². The van der Waals surface area contributed by atoms with Gasteiger partial charge in [-0.3, -0.25) is 0 Å². The lowest BCUT2D eigenvalue weighted by molar-refractivity contribution is 0.0217. The van der Waals surface area contributed by atoms with Crippen molar-refractivity contribution in [2.24, 2.45) is 0 Å². The van der Waals surface area contributed by atoms with E-state index in [4.69, 9.17) is 5.26 Å².